The molecule has 1 atom stereocenters. The van der Waals surface area contributed by atoms with Gasteiger partial charge >= 0.3 is 0 Å². The zero-order valence-electron chi connectivity index (χ0n) is 19.4. The van der Waals surface area contributed by atoms with Crippen LogP contribution >= 0.6 is 0 Å². The van der Waals surface area contributed by atoms with Crippen LogP contribution in [0.2, 0.25) is 0 Å². The largest absolute Gasteiger partial charge is 0.394 e. The Bertz CT molecular complexity index is 1160. The molecular formula is C24H33N7O2. The first-order valence-electron chi connectivity index (χ1n) is 11.7. The molecule has 1 saturated heterocycles. The molecule has 1 aliphatic heterocycles. The summed E-state index contributed by atoms with van der Waals surface area (Å²) in [5.41, 5.74) is 8.72. The molecule has 4 N–H and O–H groups in total. The summed E-state index contributed by atoms with van der Waals surface area (Å²) in [5.74, 6) is 0.644. The van der Waals surface area contributed by atoms with Crippen molar-refractivity contribution in [3.63, 3.8) is 0 Å². The molecule has 1 fully saturated rings. The minimum atomic E-state index is -0.129. The number of rotatable bonds is 8. The summed E-state index contributed by atoms with van der Waals surface area (Å²) in [4.78, 5) is 28.4. The third-order valence-electron chi connectivity index (χ3n) is 6.38. The topological polar surface area (TPSA) is 122 Å². The average molecular weight is 452 g/mol. The van der Waals surface area contributed by atoms with Crippen molar-refractivity contribution in [3.8, 4) is 11.1 Å². The predicted octanol–water partition coefficient (Wildman–Crippen LogP) is 2.67. The number of nitrogens with one attached hydrogen (secondary N) is 1. The first-order chi connectivity index (χ1) is 16.0. The highest BCUT2D eigenvalue weighted by Gasteiger charge is 2.19. The van der Waals surface area contributed by atoms with Gasteiger partial charge in [0.15, 0.2) is 5.82 Å². The standard InChI is InChI=1S/C24H33N7O2/c1-3-4-5-18(15-32)27-23-22-20(28-24(25)29-23)12-17(14-26-22)16-6-11-31(21(33)13-16)19-7-9-30(2)10-8-19/h6,11-14,18-19,32H,3-5,7-10,15H2,1-2H3,(H3,25,27,28,29)/t18-/m1/s1. The van der Waals surface area contributed by atoms with Gasteiger partial charge in [-0.05, 0) is 57.1 Å². The maximum atomic E-state index is 12.9. The van der Waals surface area contributed by atoms with Gasteiger partial charge in [0.2, 0.25) is 5.95 Å². The number of unbranched alkanes of at least 4 members (excludes halogenated alkanes) is 1. The second-order valence-electron chi connectivity index (χ2n) is 8.88. The summed E-state index contributed by atoms with van der Waals surface area (Å²) < 4.78 is 1.85. The molecule has 33 heavy (non-hydrogen) atoms. The van der Waals surface area contributed by atoms with Crippen LogP contribution in [0.4, 0.5) is 11.8 Å². The molecule has 0 radical (unpaired) electrons. The summed E-state index contributed by atoms with van der Waals surface area (Å²) in [5, 5.41) is 13.0. The fourth-order valence-corrected chi connectivity index (χ4v) is 4.39. The summed E-state index contributed by atoms with van der Waals surface area (Å²) in [6.45, 7) is 4.11. The molecule has 0 saturated carbocycles. The fourth-order valence-electron chi connectivity index (χ4n) is 4.39. The van der Waals surface area contributed by atoms with E-state index in [4.69, 9.17) is 5.73 Å². The third-order valence-corrected chi connectivity index (χ3v) is 6.38. The number of pyridine rings is 2. The van der Waals surface area contributed by atoms with Crippen LogP contribution in [0.25, 0.3) is 22.2 Å². The van der Waals surface area contributed by atoms with Gasteiger partial charge in [-0.25, -0.2) is 4.98 Å². The first-order valence-corrected chi connectivity index (χ1v) is 11.7. The Balaban J connectivity index is 1.61. The van der Waals surface area contributed by atoms with E-state index in [2.05, 4.69) is 39.1 Å². The van der Waals surface area contributed by atoms with Crippen molar-refractivity contribution in [1.29, 1.82) is 0 Å². The van der Waals surface area contributed by atoms with Crippen molar-refractivity contribution in [1.82, 2.24) is 24.4 Å². The van der Waals surface area contributed by atoms with Crippen molar-refractivity contribution in [3.05, 3.63) is 40.9 Å². The molecule has 3 aromatic heterocycles. The van der Waals surface area contributed by atoms with Crippen molar-refractivity contribution in [2.75, 3.05) is 37.8 Å². The molecule has 0 unspecified atom stereocenters. The Kier molecular flexibility index (Phi) is 7.20. The molecule has 0 spiro atoms. The number of nitrogens with zero attached hydrogens (tertiary/aromatic N) is 5. The number of hydrogen-bond donors (Lipinski definition) is 3. The van der Waals surface area contributed by atoms with Gasteiger partial charge in [0.1, 0.15) is 5.52 Å². The van der Waals surface area contributed by atoms with E-state index in [0.717, 1.165) is 56.3 Å². The van der Waals surface area contributed by atoms with Crippen LogP contribution < -0.4 is 16.6 Å². The first kappa shape index (κ1) is 23.1. The van der Waals surface area contributed by atoms with Crippen LogP contribution in [0, 0.1) is 0 Å². The van der Waals surface area contributed by atoms with Gasteiger partial charge in [0, 0.05) is 30.1 Å². The molecule has 9 nitrogen and oxygen atoms in total. The molecular weight excluding hydrogens is 418 g/mol. The summed E-state index contributed by atoms with van der Waals surface area (Å²) in [6, 6.07) is 5.61. The van der Waals surface area contributed by atoms with Gasteiger partial charge < -0.3 is 25.6 Å². The maximum absolute atomic E-state index is 12.9. The van der Waals surface area contributed by atoms with E-state index in [1.54, 1.807) is 12.3 Å². The molecule has 0 aliphatic carbocycles. The Hall–Kier alpha value is -3.04. The lowest BCUT2D eigenvalue weighted by molar-refractivity contribution is 0.219. The van der Waals surface area contributed by atoms with Gasteiger partial charge in [-0.3, -0.25) is 9.78 Å². The third kappa shape index (κ3) is 5.31. The number of nitrogens with two attached hydrogens (primary N) is 1. The molecule has 1 aliphatic rings. The Morgan fingerprint density at radius 1 is 1.24 bits per heavy atom. The van der Waals surface area contributed by atoms with E-state index in [9.17, 15) is 9.90 Å². The van der Waals surface area contributed by atoms with Crippen molar-refractivity contribution in [2.45, 2.75) is 51.1 Å². The molecule has 0 amide bonds. The number of aromatic nitrogens is 4. The lowest BCUT2D eigenvalue weighted by atomic mass is 10.0. The second-order valence-corrected chi connectivity index (χ2v) is 8.88. The van der Waals surface area contributed by atoms with Crippen molar-refractivity contribution in [2.24, 2.45) is 0 Å². The van der Waals surface area contributed by atoms with Crippen LogP contribution in [-0.4, -0.2) is 62.3 Å². The highest BCUT2D eigenvalue weighted by atomic mass is 16.3. The summed E-state index contributed by atoms with van der Waals surface area (Å²) >= 11 is 0. The molecule has 9 heteroatoms. The number of anilines is 2. The number of nitrogen functional groups attached to an aromatic ring is 1. The van der Waals surface area contributed by atoms with Gasteiger partial charge in [-0.1, -0.05) is 19.8 Å². The van der Waals surface area contributed by atoms with E-state index in [1.807, 2.05) is 22.9 Å². The quantitative estimate of drug-likeness (QED) is 0.478. The molecule has 0 aromatic carbocycles. The van der Waals surface area contributed by atoms with E-state index in [1.165, 1.54) is 0 Å². The molecule has 4 heterocycles. The number of fused-ring (bicyclic) bond motifs is 1. The Labute approximate surface area is 193 Å². The monoisotopic (exact) mass is 451 g/mol. The number of aliphatic hydroxyl groups is 1. The van der Waals surface area contributed by atoms with E-state index >= 15 is 0 Å². The van der Waals surface area contributed by atoms with Crippen LogP contribution in [0.1, 0.15) is 45.1 Å². The number of hydrogen-bond acceptors (Lipinski definition) is 8. The Morgan fingerprint density at radius 3 is 2.73 bits per heavy atom. The molecule has 4 rings (SSSR count). The number of aliphatic hydroxyl groups excluding tert-OH is 1. The number of piperidine rings is 1. The average Bonchev–Trinajstić information content (AvgIpc) is 2.81. The summed E-state index contributed by atoms with van der Waals surface area (Å²) in [7, 11) is 2.11. The Morgan fingerprint density at radius 2 is 2.03 bits per heavy atom. The van der Waals surface area contributed by atoms with E-state index in [0.29, 0.717) is 16.9 Å². The van der Waals surface area contributed by atoms with E-state index < -0.39 is 0 Å². The van der Waals surface area contributed by atoms with Crippen LogP contribution in [-0.2, 0) is 0 Å². The van der Waals surface area contributed by atoms with Gasteiger partial charge in [-0.2, -0.15) is 4.98 Å². The number of likely N-dealkylation sites (tertiary alicyclic amines) is 1. The fraction of sp³-hybridized carbons (Fsp3) is 0.500. The summed E-state index contributed by atoms with van der Waals surface area (Å²) in [6.07, 6.45) is 8.43. The van der Waals surface area contributed by atoms with Crippen molar-refractivity contribution >= 4 is 22.8 Å². The van der Waals surface area contributed by atoms with Gasteiger partial charge in [-0.15, -0.1) is 0 Å². The minimum absolute atomic E-state index is 0.00292. The van der Waals surface area contributed by atoms with Crippen LogP contribution in [0.15, 0.2) is 35.4 Å². The molecule has 176 valence electrons. The maximum Gasteiger partial charge on any atom is 0.251 e. The van der Waals surface area contributed by atoms with E-state index in [-0.39, 0.29) is 30.2 Å². The predicted molar refractivity (Wildman–Crippen MR) is 131 cm³/mol. The van der Waals surface area contributed by atoms with Crippen LogP contribution in [0.3, 0.4) is 0 Å². The second kappa shape index (κ2) is 10.3. The van der Waals surface area contributed by atoms with Gasteiger partial charge in [0.05, 0.1) is 18.2 Å². The SMILES string of the molecule is CCCC[C@H](CO)Nc1nc(N)nc2cc(-c3ccn(C4CCN(C)CC4)c(=O)c3)cnc12. The molecule has 3 aromatic rings. The normalized spacial score (nSPS) is 16.2. The highest BCUT2D eigenvalue weighted by molar-refractivity contribution is 5.89. The smallest absolute Gasteiger partial charge is 0.251 e. The highest BCUT2D eigenvalue weighted by Crippen LogP contribution is 2.26. The lowest BCUT2D eigenvalue weighted by Gasteiger charge is -2.30. The zero-order valence-corrected chi connectivity index (χ0v) is 19.4. The minimum Gasteiger partial charge on any atom is -0.394 e. The lowest BCUT2D eigenvalue weighted by Crippen LogP contribution is -2.35. The molecule has 0 bridgehead atoms. The van der Waals surface area contributed by atoms with Crippen LogP contribution in [0.5, 0.6) is 0 Å². The van der Waals surface area contributed by atoms with Crippen molar-refractivity contribution < 1.29 is 5.11 Å². The zero-order chi connectivity index (χ0) is 23.4. The van der Waals surface area contributed by atoms with Gasteiger partial charge in [0.25, 0.3) is 5.56 Å².